The largest absolute Gasteiger partial charge is 0.452 e. The minimum absolute atomic E-state index is 0.00570. The number of alkyl halides is 3. The van der Waals surface area contributed by atoms with E-state index < -0.39 is 42.8 Å². The van der Waals surface area contributed by atoms with E-state index in [0.717, 1.165) is 17.4 Å². The van der Waals surface area contributed by atoms with Crippen molar-refractivity contribution in [1.29, 1.82) is 0 Å². The topological polar surface area (TPSA) is 94.6 Å². The number of ether oxygens (including phenoxy) is 1. The highest BCUT2D eigenvalue weighted by atomic mass is 19.4. The van der Waals surface area contributed by atoms with Crippen molar-refractivity contribution in [3.63, 3.8) is 0 Å². The maximum atomic E-state index is 12.9. The van der Waals surface area contributed by atoms with E-state index in [1.807, 2.05) is 0 Å². The fourth-order valence-electron chi connectivity index (χ4n) is 3.20. The van der Waals surface area contributed by atoms with Crippen molar-refractivity contribution in [1.82, 2.24) is 14.5 Å². The molecule has 3 rings (SSSR count). The van der Waals surface area contributed by atoms with E-state index >= 15 is 0 Å². The lowest BCUT2D eigenvalue weighted by molar-refractivity contribution is -0.167. The zero-order valence-corrected chi connectivity index (χ0v) is 16.1. The van der Waals surface area contributed by atoms with Crippen LogP contribution in [0.1, 0.15) is 35.9 Å². The number of carbonyl (C=O) groups is 2. The van der Waals surface area contributed by atoms with Crippen molar-refractivity contribution >= 4 is 23.0 Å². The molecule has 2 aromatic rings. The molecule has 0 radical (unpaired) electrons. The normalized spacial score (nSPS) is 15.4. The summed E-state index contributed by atoms with van der Waals surface area (Å²) in [4.78, 5) is 41.8. The van der Waals surface area contributed by atoms with Crippen LogP contribution in [0.15, 0.2) is 15.5 Å². The lowest BCUT2D eigenvalue weighted by Gasteiger charge is -2.30. The Morgan fingerprint density at radius 1 is 1.41 bits per heavy atom. The number of furan rings is 1. The molecule has 1 amide bonds. The van der Waals surface area contributed by atoms with Crippen molar-refractivity contribution in [2.75, 3.05) is 13.2 Å². The predicted molar refractivity (Wildman–Crippen MR) is 94.2 cm³/mol. The number of esters is 1. The summed E-state index contributed by atoms with van der Waals surface area (Å²) in [5.41, 5.74) is -0.810. The number of amides is 1. The van der Waals surface area contributed by atoms with Crippen LogP contribution in [0.25, 0.3) is 11.1 Å². The molecule has 8 nitrogen and oxygen atoms in total. The first-order chi connectivity index (χ1) is 13.5. The second-order valence-corrected chi connectivity index (χ2v) is 7.17. The molecule has 2 aromatic heterocycles. The van der Waals surface area contributed by atoms with Crippen molar-refractivity contribution in [2.45, 2.75) is 38.9 Å². The molecule has 0 bridgehead atoms. The predicted octanol–water partition coefficient (Wildman–Crippen LogP) is 2.18. The molecule has 0 unspecified atom stereocenters. The molecule has 0 saturated heterocycles. The molecular weight excluding hydrogens is 395 g/mol. The van der Waals surface area contributed by atoms with Gasteiger partial charge >= 0.3 is 12.1 Å². The Morgan fingerprint density at radius 3 is 2.66 bits per heavy atom. The molecule has 0 spiro atoms. The maximum absolute atomic E-state index is 12.9. The van der Waals surface area contributed by atoms with E-state index in [1.165, 1.54) is 20.3 Å². The Hall–Kier alpha value is -2.85. The summed E-state index contributed by atoms with van der Waals surface area (Å²) in [6.45, 7) is 0.675. The Morgan fingerprint density at radius 2 is 2.07 bits per heavy atom. The minimum Gasteiger partial charge on any atom is -0.452 e. The van der Waals surface area contributed by atoms with Crippen molar-refractivity contribution in [3.05, 3.63) is 28.0 Å². The third-order valence-corrected chi connectivity index (χ3v) is 4.94. The number of hydrogen-bond donors (Lipinski definition) is 0. The summed E-state index contributed by atoms with van der Waals surface area (Å²) in [6, 6.07) is -0.615. The monoisotopic (exact) mass is 415 g/mol. The second-order valence-electron chi connectivity index (χ2n) is 7.17. The third-order valence-electron chi connectivity index (χ3n) is 4.94. The van der Waals surface area contributed by atoms with Gasteiger partial charge in [0.15, 0.2) is 6.61 Å². The number of carbonyl (C=O) groups excluding carboxylic acids is 2. The highest BCUT2D eigenvalue weighted by Gasteiger charge is 2.40. The van der Waals surface area contributed by atoms with Crippen LogP contribution < -0.4 is 5.56 Å². The van der Waals surface area contributed by atoms with E-state index in [4.69, 9.17) is 9.15 Å². The van der Waals surface area contributed by atoms with E-state index in [9.17, 15) is 27.6 Å². The Bertz CT molecular complexity index is 1010. The molecule has 1 atom stereocenters. The van der Waals surface area contributed by atoms with Gasteiger partial charge in [0.2, 0.25) is 5.71 Å². The molecule has 158 valence electrons. The highest BCUT2D eigenvalue weighted by molar-refractivity contribution is 6.03. The van der Waals surface area contributed by atoms with E-state index in [0.29, 0.717) is 4.90 Å². The van der Waals surface area contributed by atoms with E-state index in [-0.39, 0.29) is 28.3 Å². The fourth-order valence-corrected chi connectivity index (χ4v) is 3.20. The molecule has 0 aromatic carbocycles. The van der Waals surface area contributed by atoms with Gasteiger partial charge in [-0.2, -0.15) is 13.2 Å². The summed E-state index contributed by atoms with van der Waals surface area (Å²) in [7, 11) is 1.43. The van der Waals surface area contributed by atoms with Crippen LogP contribution >= 0.6 is 0 Å². The van der Waals surface area contributed by atoms with Gasteiger partial charge in [-0.1, -0.05) is 0 Å². The zero-order chi connectivity index (χ0) is 21.5. The number of halogens is 3. The summed E-state index contributed by atoms with van der Waals surface area (Å²) in [6.07, 6.45) is -1.85. The van der Waals surface area contributed by atoms with Gasteiger partial charge in [-0.15, -0.1) is 0 Å². The number of fused-ring (bicyclic) bond motifs is 1. The number of nitrogens with zero attached hydrogens (tertiary/aromatic N) is 3. The molecular formula is C18H20F3N3O5. The number of aryl methyl sites for hydroxylation is 2. The average Bonchev–Trinajstić information content (AvgIpc) is 3.42. The van der Waals surface area contributed by atoms with Crippen LogP contribution in [0.4, 0.5) is 13.2 Å². The number of aromatic nitrogens is 2. The fraction of sp³-hybridized carbons (Fsp3) is 0.556. The molecule has 0 aliphatic heterocycles. The van der Waals surface area contributed by atoms with Gasteiger partial charge in [0.1, 0.15) is 29.6 Å². The molecule has 11 heteroatoms. The zero-order valence-electron chi connectivity index (χ0n) is 16.1. The highest BCUT2D eigenvalue weighted by Crippen LogP contribution is 2.36. The molecule has 1 aliphatic rings. The average molecular weight is 415 g/mol. The molecule has 1 saturated carbocycles. The third kappa shape index (κ3) is 4.43. The summed E-state index contributed by atoms with van der Waals surface area (Å²) < 4.78 is 50.0. The van der Waals surface area contributed by atoms with Crippen molar-refractivity contribution in [2.24, 2.45) is 13.0 Å². The molecule has 1 aliphatic carbocycles. The van der Waals surface area contributed by atoms with E-state index in [1.54, 1.807) is 6.92 Å². The maximum Gasteiger partial charge on any atom is 0.406 e. The quantitative estimate of drug-likeness (QED) is 0.672. The second kappa shape index (κ2) is 7.53. The number of hydrogen-bond acceptors (Lipinski definition) is 6. The standard InChI is InChI=1S/C18H20F3N3O5/c1-9(11-4-5-11)24(7-18(19,20)21)12(25)6-28-17(27)13-10(2)29-15-14(13)16(26)23(3)8-22-15/h8-9,11H,4-7H2,1-3H3/t9-/m0/s1. The van der Waals surface area contributed by atoms with Crippen LogP contribution in [-0.2, 0) is 16.6 Å². The lowest BCUT2D eigenvalue weighted by atomic mass is 10.1. The summed E-state index contributed by atoms with van der Waals surface area (Å²) in [5.74, 6) is -1.92. The molecule has 1 fully saturated rings. The summed E-state index contributed by atoms with van der Waals surface area (Å²) in [5, 5.41) is -0.108. The van der Waals surface area contributed by atoms with Gasteiger partial charge in [0, 0.05) is 13.1 Å². The minimum atomic E-state index is -4.57. The van der Waals surface area contributed by atoms with Gasteiger partial charge < -0.3 is 18.6 Å². The van der Waals surface area contributed by atoms with Crippen molar-refractivity contribution in [3.8, 4) is 0 Å². The Kier molecular flexibility index (Phi) is 5.42. The van der Waals surface area contributed by atoms with E-state index in [2.05, 4.69) is 4.98 Å². The SMILES string of the molecule is Cc1oc2ncn(C)c(=O)c2c1C(=O)OCC(=O)N(CC(F)(F)F)[C@@H](C)C1CC1. The number of rotatable bonds is 6. The Labute approximate surface area is 163 Å². The lowest BCUT2D eigenvalue weighted by Crippen LogP contribution is -2.47. The smallest absolute Gasteiger partial charge is 0.406 e. The van der Waals surface area contributed by atoms with Crippen LogP contribution in [0.2, 0.25) is 0 Å². The Balaban J connectivity index is 1.78. The molecule has 2 heterocycles. The van der Waals surface area contributed by atoms with Gasteiger partial charge in [0.05, 0.1) is 0 Å². The van der Waals surface area contributed by atoms with Crippen LogP contribution in [0, 0.1) is 12.8 Å². The first-order valence-electron chi connectivity index (χ1n) is 8.97. The van der Waals surface area contributed by atoms with Crippen LogP contribution in [-0.4, -0.2) is 51.7 Å². The van der Waals surface area contributed by atoms with Crippen molar-refractivity contribution < 1.29 is 31.9 Å². The first-order valence-corrected chi connectivity index (χ1v) is 8.97. The van der Waals surface area contributed by atoms with Gasteiger partial charge in [-0.05, 0) is 32.6 Å². The van der Waals surface area contributed by atoms with Gasteiger partial charge in [-0.25, -0.2) is 9.78 Å². The molecule has 29 heavy (non-hydrogen) atoms. The van der Waals surface area contributed by atoms with Crippen LogP contribution in [0.3, 0.4) is 0 Å². The van der Waals surface area contributed by atoms with Crippen LogP contribution in [0.5, 0.6) is 0 Å². The molecule has 0 N–H and O–H groups in total. The summed E-state index contributed by atoms with van der Waals surface area (Å²) >= 11 is 0. The van der Waals surface area contributed by atoms with Gasteiger partial charge in [-0.3, -0.25) is 9.59 Å². The first kappa shape index (κ1) is 20.9. The van der Waals surface area contributed by atoms with Gasteiger partial charge in [0.25, 0.3) is 11.5 Å².